The van der Waals surface area contributed by atoms with Crippen molar-refractivity contribution >= 4 is 29.6 Å². The van der Waals surface area contributed by atoms with E-state index in [-0.39, 0.29) is 12.8 Å². The summed E-state index contributed by atoms with van der Waals surface area (Å²) in [6, 6.07) is 0. The molecular formula is C21H29FN4O9. The van der Waals surface area contributed by atoms with E-state index in [0.717, 1.165) is 24.6 Å². The summed E-state index contributed by atoms with van der Waals surface area (Å²) in [5.74, 6) is -4.02. The molecule has 13 nitrogen and oxygen atoms in total. The van der Waals surface area contributed by atoms with E-state index < -0.39 is 65.6 Å². The molecule has 194 valence electrons. The lowest BCUT2D eigenvalue weighted by atomic mass is 10.1. The van der Waals surface area contributed by atoms with Crippen LogP contribution in [-0.2, 0) is 33.4 Å². The molecule has 14 heteroatoms. The first-order valence-corrected chi connectivity index (χ1v) is 11.0. The maximum Gasteiger partial charge on any atom is 0.351 e. The van der Waals surface area contributed by atoms with Gasteiger partial charge in [0, 0.05) is 26.7 Å². The molecule has 35 heavy (non-hydrogen) atoms. The highest BCUT2D eigenvalue weighted by molar-refractivity contribution is 5.89. The number of hydrogen-bond acceptors (Lipinski definition) is 10. The fourth-order valence-electron chi connectivity index (χ4n) is 3.59. The molecule has 0 spiro atoms. The number of anilines is 1. The molecule has 3 N–H and O–H groups in total. The van der Waals surface area contributed by atoms with Crippen molar-refractivity contribution in [2.24, 2.45) is 0 Å². The Morgan fingerprint density at radius 3 is 2.20 bits per heavy atom. The Morgan fingerprint density at radius 2 is 1.63 bits per heavy atom. The highest BCUT2D eigenvalue weighted by atomic mass is 19.1. The van der Waals surface area contributed by atoms with Crippen LogP contribution in [0.2, 0.25) is 0 Å². The maximum absolute atomic E-state index is 14.7. The third kappa shape index (κ3) is 8.10. The average Bonchev–Trinajstić information content (AvgIpc) is 3.06. The number of halogens is 1. The lowest BCUT2D eigenvalue weighted by Crippen LogP contribution is -2.40. The van der Waals surface area contributed by atoms with Crippen molar-refractivity contribution in [3.63, 3.8) is 0 Å². The van der Waals surface area contributed by atoms with Gasteiger partial charge in [-0.05, 0) is 19.8 Å². The van der Waals surface area contributed by atoms with Crippen LogP contribution < -0.4 is 16.5 Å². The molecule has 0 unspecified atom stereocenters. The van der Waals surface area contributed by atoms with Crippen LogP contribution in [0.3, 0.4) is 0 Å². The summed E-state index contributed by atoms with van der Waals surface area (Å²) in [7, 11) is 0. The van der Waals surface area contributed by atoms with Crippen molar-refractivity contribution in [3.05, 3.63) is 22.5 Å². The van der Waals surface area contributed by atoms with Crippen LogP contribution in [0.15, 0.2) is 11.0 Å². The summed E-state index contributed by atoms with van der Waals surface area (Å²) in [5.41, 5.74) is 0.548. The van der Waals surface area contributed by atoms with Gasteiger partial charge in [-0.1, -0.05) is 12.8 Å². The number of carbonyl (C=O) groups excluding carboxylic acids is 4. The van der Waals surface area contributed by atoms with Gasteiger partial charge in [-0.3, -0.25) is 29.0 Å². The highest BCUT2D eigenvalue weighted by Gasteiger charge is 2.48. The highest BCUT2D eigenvalue weighted by Crippen LogP contribution is 2.33. The molecule has 1 fully saturated rings. The first-order valence-electron chi connectivity index (χ1n) is 11.0. The largest absolute Gasteiger partial charge is 0.456 e. The van der Waals surface area contributed by atoms with E-state index in [1.165, 1.54) is 12.4 Å². The van der Waals surface area contributed by atoms with E-state index in [9.17, 15) is 28.4 Å². The first-order chi connectivity index (χ1) is 16.5. The van der Waals surface area contributed by atoms with Gasteiger partial charge in [0.1, 0.15) is 0 Å². The Hall–Kier alpha value is -3.39. The predicted molar refractivity (Wildman–Crippen MR) is 115 cm³/mol. The lowest BCUT2D eigenvalue weighted by Gasteiger charge is -2.23. The summed E-state index contributed by atoms with van der Waals surface area (Å²) in [6.07, 6.45) is -1.11. The van der Waals surface area contributed by atoms with Crippen LogP contribution in [0.1, 0.15) is 65.5 Å². The maximum atomic E-state index is 14.7. The van der Waals surface area contributed by atoms with Crippen molar-refractivity contribution in [2.75, 3.05) is 5.32 Å². The number of hydroxylamine groups is 1. The zero-order valence-corrected chi connectivity index (χ0v) is 19.6. The van der Waals surface area contributed by atoms with E-state index in [2.05, 4.69) is 10.3 Å². The Balaban J connectivity index is 2.04. The van der Waals surface area contributed by atoms with Gasteiger partial charge < -0.3 is 19.5 Å². The molecule has 1 aliphatic rings. The molecule has 4 atom stereocenters. The SMILES string of the molecule is CC(=O)O[C@@H]1[C@H](OC(C)=O)[C@@H](C)O[C@H]1n1cc(F)c(NC(=O)CCCCCCC(=O)NO)nc1=O. The Kier molecular flexibility index (Phi) is 10.3. The fraction of sp³-hybridized carbons (Fsp3) is 0.619. The summed E-state index contributed by atoms with van der Waals surface area (Å²) in [4.78, 5) is 62.2. The number of amides is 2. The molecule has 0 aliphatic carbocycles. The molecule has 0 radical (unpaired) electrons. The smallest absolute Gasteiger partial charge is 0.351 e. The van der Waals surface area contributed by atoms with Gasteiger partial charge in [-0.25, -0.2) is 14.7 Å². The van der Waals surface area contributed by atoms with Gasteiger partial charge in [0.2, 0.25) is 11.8 Å². The van der Waals surface area contributed by atoms with Gasteiger partial charge in [0.05, 0.1) is 12.3 Å². The van der Waals surface area contributed by atoms with E-state index in [0.29, 0.717) is 25.7 Å². The van der Waals surface area contributed by atoms with E-state index in [1.54, 1.807) is 0 Å². The van der Waals surface area contributed by atoms with Crippen molar-refractivity contribution in [1.82, 2.24) is 15.0 Å². The number of nitrogens with zero attached hydrogens (tertiary/aromatic N) is 2. The monoisotopic (exact) mass is 500 g/mol. The summed E-state index contributed by atoms with van der Waals surface area (Å²) in [5, 5.41) is 10.7. The third-order valence-electron chi connectivity index (χ3n) is 5.15. The summed E-state index contributed by atoms with van der Waals surface area (Å²) >= 11 is 0. The van der Waals surface area contributed by atoms with Crippen LogP contribution in [0.4, 0.5) is 10.2 Å². The zero-order chi connectivity index (χ0) is 26.1. The second-order valence-corrected chi connectivity index (χ2v) is 8.00. The Bertz CT molecular complexity index is 999. The second kappa shape index (κ2) is 12.9. The van der Waals surface area contributed by atoms with Gasteiger partial charge in [0.15, 0.2) is 30.1 Å². The summed E-state index contributed by atoms with van der Waals surface area (Å²) < 4.78 is 31.4. The standard InChI is InChI=1S/C21H29FN4O9/c1-11-17(34-12(2)27)18(35-13(3)28)20(33-11)26-10-14(22)19(24-21(26)31)23-15(29)8-6-4-5-7-9-16(30)25-32/h10-11,17-18,20,32H,4-9H2,1-3H3,(H,25,30)(H,23,24,29,31)/t11-,17-,18-,20-/m1/s1. The van der Waals surface area contributed by atoms with Crippen molar-refractivity contribution in [2.45, 2.75) is 83.8 Å². The van der Waals surface area contributed by atoms with Gasteiger partial charge in [0.25, 0.3) is 0 Å². The van der Waals surface area contributed by atoms with Gasteiger partial charge >= 0.3 is 17.6 Å². The van der Waals surface area contributed by atoms with E-state index >= 15 is 0 Å². The second-order valence-electron chi connectivity index (χ2n) is 8.00. The quantitative estimate of drug-likeness (QED) is 0.172. The first kappa shape index (κ1) is 27.9. The molecule has 2 rings (SSSR count). The number of unbranched alkanes of at least 4 members (excludes halogenated alkanes) is 3. The third-order valence-corrected chi connectivity index (χ3v) is 5.15. The Morgan fingerprint density at radius 1 is 1.06 bits per heavy atom. The number of aromatic nitrogens is 2. The van der Waals surface area contributed by atoms with Crippen molar-refractivity contribution in [3.8, 4) is 0 Å². The molecule has 2 amide bonds. The number of esters is 2. The number of carbonyl (C=O) groups is 4. The lowest BCUT2D eigenvalue weighted by molar-refractivity contribution is -0.165. The van der Waals surface area contributed by atoms with Crippen molar-refractivity contribution < 1.29 is 43.0 Å². The number of hydrogen-bond donors (Lipinski definition) is 3. The van der Waals surface area contributed by atoms with Gasteiger partial charge in [-0.15, -0.1) is 0 Å². The van der Waals surface area contributed by atoms with Gasteiger partial charge in [-0.2, -0.15) is 4.98 Å². The van der Waals surface area contributed by atoms with Crippen LogP contribution in [0, 0.1) is 5.82 Å². The van der Waals surface area contributed by atoms with Crippen molar-refractivity contribution in [1.29, 1.82) is 0 Å². The minimum atomic E-state index is -1.31. The topological polar surface area (TPSA) is 175 Å². The molecule has 2 heterocycles. The average molecular weight is 500 g/mol. The molecular weight excluding hydrogens is 471 g/mol. The molecule has 1 aliphatic heterocycles. The number of nitrogens with one attached hydrogen (secondary N) is 2. The number of rotatable bonds is 11. The molecule has 1 saturated heterocycles. The minimum absolute atomic E-state index is 0.0399. The predicted octanol–water partition coefficient (Wildman–Crippen LogP) is 0.948. The van der Waals surface area contributed by atoms with E-state index in [4.69, 9.17) is 19.4 Å². The fourth-order valence-corrected chi connectivity index (χ4v) is 3.59. The zero-order valence-electron chi connectivity index (χ0n) is 19.6. The molecule has 1 aromatic rings. The Labute approximate surface area is 199 Å². The molecule has 1 aromatic heterocycles. The van der Waals surface area contributed by atoms with E-state index in [1.807, 2.05) is 0 Å². The van der Waals surface area contributed by atoms with Crippen LogP contribution in [-0.4, -0.2) is 56.8 Å². The molecule has 0 aromatic carbocycles. The van der Waals surface area contributed by atoms with Crippen LogP contribution in [0.5, 0.6) is 0 Å². The van der Waals surface area contributed by atoms with Crippen LogP contribution in [0.25, 0.3) is 0 Å². The molecule has 0 saturated carbocycles. The summed E-state index contributed by atoms with van der Waals surface area (Å²) in [6.45, 7) is 3.82. The minimum Gasteiger partial charge on any atom is -0.456 e. The normalized spacial score (nSPS) is 21.3. The van der Waals surface area contributed by atoms with Crippen LogP contribution >= 0.6 is 0 Å². The molecule has 0 bridgehead atoms. The number of ether oxygens (including phenoxy) is 3.